The van der Waals surface area contributed by atoms with Crippen molar-refractivity contribution >= 4 is 16.5 Å². The predicted molar refractivity (Wildman–Crippen MR) is 28.7 cm³/mol. The maximum Gasteiger partial charge on any atom is 0.0578 e. The topological polar surface area (TPSA) is 24.7 Å². The van der Waals surface area contributed by atoms with E-state index in [1.165, 1.54) is 0 Å². The molecule has 0 fully saturated rings. The lowest BCUT2D eigenvalue weighted by Gasteiger charge is -1.71. The maximum atomic E-state index is 3.67. The molecule has 0 aliphatic carbocycles. The molecule has 0 bridgehead atoms. The molecule has 0 spiro atoms. The van der Waals surface area contributed by atoms with Crippen LogP contribution >= 0.6 is 10.7 Å². The minimum Gasteiger partial charge on any atom is -0.151 e. The van der Waals surface area contributed by atoms with Crippen molar-refractivity contribution < 1.29 is 0 Å². The molecular weight excluding hydrogens is 96.1 g/mol. The van der Waals surface area contributed by atoms with E-state index in [-0.39, 0.29) is 10.7 Å². The van der Waals surface area contributed by atoms with Gasteiger partial charge in [-0.3, -0.25) is 0 Å². The summed E-state index contributed by atoms with van der Waals surface area (Å²) in [5.74, 6) is 3.62. The van der Waals surface area contributed by atoms with Gasteiger partial charge in [0, 0.05) is 5.41 Å². The molecule has 1 atom stereocenters. The summed E-state index contributed by atoms with van der Waals surface area (Å²) in [6.07, 6.45) is 1.66. The fourth-order valence-corrected chi connectivity index (χ4v) is 0.637. The summed E-state index contributed by atoms with van der Waals surface area (Å²) in [6, 6.07) is 0. The summed E-state index contributed by atoms with van der Waals surface area (Å²) in [5.41, 5.74) is 0. The smallest absolute Gasteiger partial charge is 0.0578 e. The Morgan fingerprint density at radius 3 is 2.67 bits per heavy atom. The van der Waals surface area contributed by atoms with E-state index in [4.69, 9.17) is 0 Å². The van der Waals surface area contributed by atoms with Crippen LogP contribution in [-0.2, 0) is 0 Å². The molecule has 0 saturated carbocycles. The van der Waals surface area contributed by atoms with E-state index in [0.29, 0.717) is 0 Å². The van der Waals surface area contributed by atoms with Crippen molar-refractivity contribution in [3.8, 4) is 0 Å². The average molecular weight is 100 g/mol. The molecular formula is C3H4N2S. The van der Waals surface area contributed by atoms with Crippen LogP contribution in [0.25, 0.3) is 0 Å². The van der Waals surface area contributed by atoms with Gasteiger partial charge in [0.2, 0.25) is 0 Å². The SMILES string of the molecule is C=S1C=CN=N1. The Balaban J connectivity index is 2.86. The molecule has 0 radical (unpaired) electrons. The first-order valence-corrected chi connectivity index (χ1v) is 2.91. The van der Waals surface area contributed by atoms with Crippen LogP contribution in [0.15, 0.2) is 21.2 Å². The second-order valence-corrected chi connectivity index (χ2v) is 2.12. The lowest BCUT2D eigenvalue weighted by atomic mass is 11.1. The summed E-state index contributed by atoms with van der Waals surface area (Å²) in [4.78, 5) is 0. The molecule has 0 N–H and O–H groups in total. The number of hydrogen-bond donors (Lipinski definition) is 0. The summed E-state index contributed by atoms with van der Waals surface area (Å²) >= 11 is 0. The number of hydrogen-bond acceptors (Lipinski definition) is 2. The maximum absolute atomic E-state index is 3.67. The van der Waals surface area contributed by atoms with Crippen LogP contribution in [0.4, 0.5) is 0 Å². The number of nitrogens with zero attached hydrogens (tertiary/aromatic N) is 2. The van der Waals surface area contributed by atoms with Crippen LogP contribution in [0.2, 0.25) is 0 Å². The van der Waals surface area contributed by atoms with Gasteiger partial charge in [0.1, 0.15) is 0 Å². The number of rotatable bonds is 0. The van der Waals surface area contributed by atoms with Gasteiger partial charge in [0.05, 0.1) is 6.20 Å². The van der Waals surface area contributed by atoms with Gasteiger partial charge in [-0.25, -0.2) is 0 Å². The first-order chi connectivity index (χ1) is 2.89. The van der Waals surface area contributed by atoms with E-state index in [0.717, 1.165) is 0 Å². The third-order valence-corrected chi connectivity index (χ3v) is 1.18. The first kappa shape index (κ1) is 3.74. The van der Waals surface area contributed by atoms with Crippen LogP contribution in [0.1, 0.15) is 0 Å². The molecule has 1 heterocycles. The van der Waals surface area contributed by atoms with E-state index < -0.39 is 0 Å². The van der Waals surface area contributed by atoms with E-state index in [1.807, 2.05) is 5.41 Å². The molecule has 0 aromatic rings. The highest BCUT2D eigenvalue weighted by atomic mass is 32.2. The minimum atomic E-state index is -0.145. The van der Waals surface area contributed by atoms with Gasteiger partial charge in [-0.2, -0.15) is 5.11 Å². The standard InChI is InChI=1S/C3H4N2S/c1-6-3-2-4-5-6/h2-3H,1H2. The van der Waals surface area contributed by atoms with E-state index in [2.05, 4.69) is 15.5 Å². The zero-order chi connectivity index (χ0) is 4.41. The second-order valence-electron chi connectivity index (χ2n) is 0.883. The highest BCUT2D eigenvalue weighted by Gasteiger charge is 1.81. The van der Waals surface area contributed by atoms with E-state index in [1.54, 1.807) is 6.20 Å². The van der Waals surface area contributed by atoms with Gasteiger partial charge in [-0.1, -0.05) is 0 Å². The monoisotopic (exact) mass is 100 g/mol. The predicted octanol–water partition coefficient (Wildman–Crippen LogP) is 1.54. The molecule has 0 saturated heterocycles. The largest absolute Gasteiger partial charge is 0.151 e. The molecule has 1 aliphatic rings. The molecule has 0 aromatic heterocycles. The minimum absolute atomic E-state index is 0.145. The van der Waals surface area contributed by atoms with Crippen molar-refractivity contribution in [2.24, 2.45) is 9.63 Å². The first-order valence-electron chi connectivity index (χ1n) is 1.50. The molecule has 2 nitrogen and oxygen atoms in total. The molecule has 1 rings (SSSR count). The van der Waals surface area contributed by atoms with Gasteiger partial charge >= 0.3 is 0 Å². The van der Waals surface area contributed by atoms with E-state index >= 15 is 0 Å². The van der Waals surface area contributed by atoms with Crippen LogP contribution < -0.4 is 0 Å². The fraction of sp³-hybridized carbons (Fsp3) is 0. The zero-order valence-electron chi connectivity index (χ0n) is 3.16. The summed E-state index contributed by atoms with van der Waals surface area (Å²) in [7, 11) is -0.145. The average Bonchev–Trinajstić information content (AvgIpc) is 1.86. The molecule has 1 aliphatic heterocycles. The van der Waals surface area contributed by atoms with Gasteiger partial charge in [-0.15, -0.1) is 4.52 Å². The molecule has 3 heteroatoms. The van der Waals surface area contributed by atoms with Gasteiger partial charge < -0.3 is 0 Å². The lowest BCUT2D eigenvalue weighted by molar-refractivity contribution is 1.38. The Labute approximate surface area is 38.7 Å². The Bertz CT molecular complexity index is 111. The summed E-state index contributed by atoms with van der Waals surface area (Å²) < 4.78 is 3.67. The van der Waals surface area contributed by atoms with E-state index in [9.17, 15) is 0 Å². The third-order valence-electron chi connectivity index (χ3n) is 0.437. The summed E-state index contributed by atoms with van der Waals surface area (Å²) in [6.45, 7) is 0. The highest BCUT2D eigenvalue weighted by molar-refractivity contribution is 8.15. The van der Waals surface area contributed by atoms with Crippen LogP contribution in [0.5, 0.6) is 0 Å². The molecule has 6 heavy (non-hydrogen) atoms. The normalized spacial score (nSPS) is 29.0. The fourth-order valence-electron chi connectivity index (χ4n) is 0.212. The van der Waals surface area contributed by atoms with Crippen molar-refractivity contribution in [2.45, 2.75) is 0 Å². The Kier molecular flexibility index (Phi) is 0.837. The summed E-state index contributed by atoms with van der Waals surface area (Å²) in [5, 5.41) is 5.42. The van der Waals surface area contributed by atoms with Gasteiger partial charge in [-0.05, 0) is 16.5 Å². The van der Waals surface area contributed by atoms with Crippen molar-refractivity contribution in [1.29, 1.82) is 0 Å². The Morgan fingerprint density at radius 1 is 1.67 bits per heavy atom. The molecule has 32 valence electrons. The van der Waals surface area contributed by atoms with Crippen molar-refractivity contribution in [3.05, 3.63) is 11.6 Å². The Morgan fingerprint density at radius 2 is 2.50 bits per heavy atom. The van der Waals surface area contributed by atoms with Gasteiger partial charge in [0.15, 0.2) is 0 Å². The zero-order valence-corrected chi connectivity index (χ0v) is 3.98. The van der Waals surface area contributed by atoms with Crippen LogP contribution in [0.3, 0.4) is 0 Å². The van der Waals surface area contributed by atoms with Crippen molar-refractivity contribution in [1.82, 2.24) is 0 Å². The van der Waals surface area contributed by atoms with Crippen LogP contribution in [-0.4, -0.2) is 5.87 Å². The van der Waals surface area contributed by atoms with Crippen LogP contribution in [0, 0.1) is 0 Å². The van der Waals surface area contributed by atoms with Crippen molar-refractivity contribution in [2.75, 3.05) is 0 Å². The quantitative estimate of drug-likeness (QED) is 0.412. The molecule has 1 unspecified atom stereocenters. The molecule has 0 amide bonds. The third kappa shape index (κ3) is 0.542. The second kappa shape index (κ2) is 1.34. The lowest BCUT2D eigenvalue weighted by Crippen LogP contribution is -1.34. The van der Waals surface area contributed by atoms with Gasteiger partial charge in [0.25, 0.3) is 0 Å². The Hall–Kier alpha value is -0.440. The molecule has 0 aromatic carbocycles. The highest BCUT2D eigenvalue weighted by Crippen LogP contribution is 2.18. The van der Waals surface area contributed by atoms with Crippen molar-refractivity contribution in [3.63, 3.8) is 0 Å².